The first-order chi connectivity index (χ1) is 25.0. The molecule has 1 atom stereocenters. The smallest absolute Gasteiger partial charge is 0.318 e. The Morgan fingerprint density at radius 1 is 1.02 bits per heavy atom. The first kappa shape index (κ1) is 35.5. The number of aliphatic hydroxyl groups is 1. The van der Waals surface area contributed by atoms with Gasteiger partial charge in [-0.05, 0) is 62.2 Å². The van der Waals surface area contributed by atoms with Crippen molar-refractivity contribution in [2.75, 3.05) is 64.4 Å². The van der Waals surface area contributed by atoms with Crippen LogP contribution in [0, 0.1) is 11.3 Å². The molecule has 2 N–H and O–H groups in total. The number of nitrogens with one attached hydrogen (secondary N) is 1. The Labute approximate surface area is 302 Å². The van der Waals surface area contributed by atoms with Crippen molar-refractivity contribution in [2.24, 2.45) is 0 Å². The van der Waals surface area contributed by atoms with Crippen LogP contribution in [0.15, 0.2) is 59.6 Å². The maximum absolute atomic E-state index is 15.1. The molecule has 3 fully saturated rings. The molecule has 15 nitrogen and oxygen atoms in total. The van der Waals surface area contributed by atoms with E-state index in [-0.39, 0.29) is 57.7 Å². The van der Waals surface area contributed by atoms with E-state index < -0.39 is 27.5 Å². The van der Waals surface area contributed by atoms with E-state index in [1.54, 1.807) is 24.0 Å². The van der Waals surface area contributed by atoms with E-state index in [9.17, 15) is 23.6 Å². The number of amides is 3. The first-order valence-electron chi connectivity index (χ1n) is 17.2. The fraction of sp³-hybridized carbons (Fsp3) is 0.444. The quantitative estimate of drug-likeness (QED) is 0.310. The number of carbonyl (C=O) groups excluding carboxylic acids is 2. The van der Waals surface area contributed by atoms with E-state index in [1.807, 2.05) is 0 Å². The van der Waals surface area contributed by atoms with Crippen LogP contribution in [0.1, 0.15) is 36.5 Å². The van der Waals surface area contributed by atoms with Crippen LogP contribution in [-0.2, 0) is 20.4 Å². The zero-order chi connectivity index (χ0) is 36.8. The van der Waals surface area contributed by atoms with Crippen LogP contribution in [0.3, 0.4) is 0 Å². The lowest BCUT2D eigenvalue weighted by Gasteiger charge is -2.50. The van der Waals surface area contributed by atoms with Gasteiger partial charge in [0.2, 0.25) is 5.88 Å². The van der Waals surface area contributed by atoms with Crippen molar-refractivity contribution in [3.8, 4) is 23.4 Å². The van der Waals surface area contributed by atoms with Gasteiger partial charge in [-0.2, -0.15) is 9.57 Å². The molecule has 52 heavy (non-hydrogen) atoms. The highest BCUT2D eigenvalue weighted by atomic mass is 32.2. The number of hydrogen-bond acceptors (Lipinski definition) is 12. The molecule has 0 saturated carbocycles. The maximum Gasteiger partial charge on any atom is 0.318 e. The number of urea groups is 1. The molecule has 0 radical (unpaired) electrons. The summed E-state index contributed by atoms with van der Waals surface area (Å²) in [5, 5.41) is 22.6. The number of β-amino-alcohol motifs (C(OH)–C–C–N with tert-alkyl or cyclic N) is 1. The van der Waals surface area contributed by atoms with Crippen molar-refractivity contribution in [1.82, 2.24) is 25.0 Å². The average molecular weight is 732 g/mol. The van der Waals surface area contributed by atoms with Gasteiger partial charge < -0.3 is 29.5 Å². The van der Waals surface area contributed by atoms with Gasteiger partial charge in [0.25, 0.3) is 15.9 Å². The second-order valence-corrected chi connectivity index (χ2v) is 15.1. The lowest BCUT2D eigenvalue weighted by atomic mass is 9.83. The highest BCUT2D eigenvalue weighted by Gasteiger charge is 2.59. The number of nitriles is 1. The van der Waals surface area contributed by atoms with Gasteiger partial charge in [-0.25, -0.2) is 18.2 Å². The fourth-order valence-electron chi connectivity index (χ4n) is 7.66. The van der Waals surface area contributed by atoms with E-state index in [4.69, 9.17) is 14.2 Å². The topological polar surface area (TPSA) is 178 Å². The molecule has 3 amide bonds. The third kappa shape index (κ3) is 5.87. The Morgan fingerprint density at radius 2 is 1.77 bits per heavy atom. The summed E-state index contributed by atoms with van der Waals surface area (Å²) in [6, 6.07) is 13.5. The monoisotopic (exact) mass is 731 g/mol. The Bertz CT molecular complexity index is 2020. The predicted octanol–water partition coefficient (Wildman–Crippen LogP) is 1.88. The number of ether oxygens (including phenoxy) is 3. The number of fused-ring (bicyclic) bond motifs is 1. The molecule has 4 aliphatic heterocycles. The van der Waals surface area contributed by atoms with Gasteiger partial charge in [-0.15, -0.1) is 0 Å². The number of likely N-dealkylation sites (tertiary alicyclic amines) is 3. The molecule has 5 heterocycles. The summed E-state index contributed by atoms with van der Waals surface area (Å²) >= 11 is 0. The van der Waals surface area contributed by atoms with Crippen LogP contribution < -0.4 is 23.8 Å². The average Bonchev–Trinajstić information content (AvgIpc) is 3.37. The Hall–Kier alpha value is -4.95. The summed E-state index contributed by atoms with van der Waals surface area (Å²) in [7, 11) is -1.97. The van der Waals surface area contributed by atoms with Crippen LogP contribution in [-0.4, -0.2) is 123 Å². The molecule has 1 aromatic heterocycles. The zero-order valence-electron chi connectivity index (χ0n) is 29.2. The molecule has 16 heteroatoms. The highest BCUT2D eigenvalue weighted by Crippen LogP contribution is 2.50. The van der Waals surface area contributed by atoms with E-state index >= 15 is 4.79 Å². The summed E-state index contributed by atoms with van der Waals surface area (Å²) in [5.41, 5.74) is -1.87. The third-order valence-electron chi connectivity index (χ3n) is 10.5. The van der Waals surface area contributed by atoms with Gasteiger partial charge in [0, 0.05) is 69.2 Å². The molecule has 274 valence electrons. The number of rotatable bonds is 10. The van der Waals surface area contributed by atoms with Crippen LogP contribution >= 0.6 is 0 Å². The number of sulfonamides is 1. The maximum atomic E-state index is 15.1. The predicted molar refractivity (Wildman–Crippen MR) is 188 cm³/mol. The van der Waals surface area contributed by atoms with Gasteiger partial charge in [0.15, 0.2) is 5.54 Å². The Balaban J connectivity index is 1.25. The number of aliphatic hydroxyl groups excluding tert-OH is 1. The Morgan fingerprint density at radius 3 is 2.42 bits per heavy atom. The molecule has 7 rings (SSSR count). The van der Waals surface area contributed by atoms with Gasteiger partial charge in [0.1, 0.15) is 16.4 Å². The fourth-order valence-corrected chi connectivity index (χ4v) is 9.26. The second-order valence-electron chi connectivity index (χ2n) is 13.3. The molecule has 3 saturated heterocycles. The zero-order valence-corrected chi connectivity index (χ0v) is 30.0. The number of hydrogen-bond donors (Lipinski definition) is 2. The first-order valence-corrected chi connectivity index (χ1v) is 18.7. The normalized spacial score (nSPS) is 21.6. The molecule has 0 bridgehead atoms. The highest BCUT2D eigenvalue weighted by molar-refractivity contribution is 7.93. The van der Waals surface area contributed by atoms with Crippen molar-refractivity contribution in [3.05, 3.63) is 71.4 Å². The minimum absolute atomic E-state index is 0.0207. The Kier molecular flexibility index (Phi) is 9.46. The van der Waals surface area contributed by atoms with Crippen molar-refractivity contribution >= 4 is 27.6 Å². The minimum Gasteiger partial charge on any atom is -0.497 e. The molecule has 1 unspecified atom stereocenters. The number of piperidine rings is 1. The standard InChI is InChI=1S/C36H41N7O8S/c1-4-51-33-28(6-5-13-38-33)36(39-35(46)42-19-25(20-42)40-14-11-24(12-15-40)41-21-26(44)22-41)29-16-23(18-37)7-9-30(29)43(34(36)45)52(47,48)32-10-8-27(49-2)17-31(32)50-3/h5-10,13,16-17,24-26,44H,4,11-12,14-15,19-22H2,1-3H3,(H,39,46). The number of aromatic nitrogens is 1. The van der Waals surface area contributed by atoms with E-state index in [1.165, 1.54) is 56.8 Å². The number of nitrogens with zero attached hydrogens (tertiary/aromatic N) is 6. The lowest BCUT2D eigenvalue weighted by Crippen LogP contribution is -2.67. The summed E-state index contributed by atoms with van der Waals surface area (Å²) in [6.07, 6.45) is 3.20. The molecule has 4 aliphatic rings. The van der Waals surface area contributed by atoms with Gasteiger partial charge in [-0.3, -0.25) is 14.6 Å². The summed E-state index contributed by atoms with van der Waals surface area (Å²) in [6.45, 7) is 5.91. The van der Waals surface area contributed by atoms with Crippen LogP contribution in [0.25, 0.3) is 0 Å². The number of benzene rings is 2. The summed E-state index contributed by atoms with van der Waals surface area (Å²) in [5.74, 6) is -0.701. The van der Waals surface area contributed by atoms with Crippen molar-refractivity contribution in [3.63, 3.8) is 0 Å². The van der Waals surface area contributed by atoms with E-state index in [0.717, 1.165) is 39.0 Å². The molecular formula is C36H41N7O8S. The van der Waals surface area contributed by atoms with Crippen LogP contribution in [0.5, 0.6) is 17.4 Å². The van der Waals surface area contributed by atoms with Gasteiger partial charge >= 0.3 is 6.03 Å². The van der Waals surface area contributed by atoms with E-state index in [0.29, 0.717) is 29.2 Å². The third-order valence-corrected chi connectivity index (χ3v) is 12.2. The van der Waals surface area contributed by atoms with Crippen molar-refractivity contribution in [2.45, 2.75) is 48.4 Å². The molecule has 0 aliphatic carbocycles. The van der Waals surface area contributed by atoms with Crippen molar-refractivity contribution in [1.29, 1.82) is 5.26 Å². The number of anilines is 1. The lowest BCUT2D eigenvalue weighted by molar-refractivity contribution is -0.121. The SMILES string of the molecule is CCOc1ncccc1C1(NC(=O)N2CC(N3CCC(N4CC(O)C4)CC3)C2)C(=O)N(S(=O)(=O)c2ccc(OC)cc2OC)c2ccc(C#N)cc21. The second kappa shape index (κ2) is 13.9. The van der Waals surface area contributed by atoms with Crippen molar-refractivity contribution < 1.29 is 37.3 Å². The van der Waals surface area contributed by atoms with E-state index in [2.05, 4.69) is 26.2 Å². The molecule has 0 spiro atoms. The molecular weight excluding hydrogens is 691 g/mol. The molecule has 3 aromatic rings. The van der Waals surface area contributed by atoms with Crippen LogP contribution in [0.4, 0.5) is 10.5 Å². The number of carbonyl (C=O) groups is 2. The van der Waals surface area contributed by atoms with Gasteiger partial charge in [-0.1, -0.05) is 0 Å². The summed E-state index contributed by atoms with van der Waals surface area (Å²) in [4.78, 5) is 39.7. The number of pyridine rings is 1. The minimum atomic E-state index is -4.71. The summed E-state index contributed by atoms with van der Waals surface area (Å²) < 4.78 is 46.4. The number of methoxy groups -OCH3 is 2. The van der Waals surface area contributed by atoms with Gasteiger partial charge in [0.05, 0.1) is 49.8 Å². The largest absolute Gasteiger partial charge is 0.497 e. The van der Waals surface area contributed by atoms with Crippen LogP contribution in [0.2, 0.25) is 0 Å². The molecule has 2 aromatic carbocycles.